The predicted molar refractivity (Wildman–Crippen MR) is 101 cm³/mol. The fraction of sp³-hybridized carbons (Fsp3) is 0.294. The fourth-order valence-corrected chi connectivity index (χ4v) is 3.92. The first kappa shape index (κ1) is 15.3. The summed E-state index contributed by atoms with van der Waals surface area (Å²) in [6.45, 7) is 3.66. The van der Waals surface area contributed by atoms with Gasteiger partial charge >= 0.3 is 0 Å². The largest absolute Gasteiger partial charge is 0.345 e. The molecule has 0 unspecified atom stereocenters. The molecule has 8 nitrogen and oxygen atoms in total. The number of thiazole rings is 1. The zero-order valence-electron chi connectivity index (χ0n) is 14.1. The second-order valence-corrected chi connectivity index (χ2v) is 7.12. The molecule has 4 aromatic rings. The van der Waals surface area contributed by atoms with E-state index in [0.717, 1.165) is 54.4 Å². The number of pyridine rings is 1. The number of nitrogens with one attached hydrogen (secondary N) is 1. The number of imidazole rings is 1. The SMILES string of the molecule is c1ccn2cc(Cc3nc(N4CCN(c5nccs5)CC4)n[nH]3)nc2c1. The molecule has 0 aromatic carbocycles. The second-order valence-electron chi connectivity index (χ2n) is 6.25. The minimum atomic E-state index is 0.647. The van der Waals surface area contributed by atoms with Crippen LogP contribution in [0.4, 0.5) is 11.1 Å². The molecule has 1 fully saturated rings. The first-order valence-electron chi connectivity index (χ1n) is 8.58. The molecule has 1 saturated heterocycles. The number of rotatable bonds is 4. The van der Waals surface area contributed by atoms with E-state index in [1.807, 2.05) is 46.6 Å². The molecule has 132 valence electrons. The Labute approximate surface area is 154 Å². The van der Waals surface area contributed by atoms with E-state index in [2.05, 4.69) is 34.9 Å². The minimum Gasteiger partial charge on any atom is -0.345 e. The van der Waals surface area contributed by atoms with Gasteiger partial charge in [-0.2, -0.15) is 4.98 Å². The summed E-state index contributed by atoms with van der Waals surface area (Å²) in [4.78, 5) is 18.2. The van der Waals surface area contributed by atoms with E-state index >= 15 is 0 Å². The lowest BCUT2D eigenvalue weighted by atomic mass is 10.3. The lowest BCUT2D eigenvalue weighted by molar-refractivity contribution is 0.639. The van der Waals surface area contributed by atoms with Gasteiger partial charge in [-0.15, -0.1) is 16.4 Å². The van der Waals surface area contributed by atoms with E-state index in [1.54, 1.807) is 11.3 Å². The summed E-state index contributed by atoms with van der Waals surface area (Å²) in [5.74, 6) is 1.60. The topological polar surface area (TPSA) is 78.2 Å². The summed E-state index contributed by atoms with van der Waals surface area (Å²) in [5.41, 5.74) is 1.92. The minimum absolute atomic E-state index is 0.647. The van der Waals surface area contributed by atoms with Crippen LogP contribution in [-0.4, -0.2) is 55.7 Å². The normalized spacial score (nSPS) is 15.1. The molecule has 26 heavy (non-hydrogen) atoms. The van der Waals surface area contributed by atoms with Gasteiger partial charge in [0.05, 0.1) is 12.1 Å². The third-order valence-corrected chi connectivity index (χ3v) is 5.37. The molecule has 0 atom stereocenters. The predicted octanol–water partition coefficient (Wildman–Crippen LogP) is 1.83. The van der Waals surface area contributed by atoms with Gasteiger partial charge < -0.3 is 14.2 Å². The summed E-state index contributed by atoms with van der Waals surface area (Å²) in [6, 6.07) is 5.98. The van der Waals surface area contributed by atoms with Crippen LogP contribution in [0.5, 0.6) is 0 Å². The van der Waals surface area contributed by atoms with Crippen molar-refractivity contribution in [3.63, 3.8) is 0 Å². The van der Waals surface area contributed by atoms with Gasteiger partial charge in [-0.05, 0) is 12.1 Å². The van der Waals surface area contributed by atoms with Gasteiger partial charge in [0.15, 0.2) is 5.13 Å². The first-order chi connectivity index (χ1) is 12.8. The number of aromatic amines is 1. The Bertz CT molecular complexity index is 964. The lowest BCUT2D eigenvalue weighted by Gasteiger charge is -2.33. The molecule has 1 aliphatic rings. The molecular formula is C17H18N8S. The third-order valence-electron chi connectivity index (χ3n) is 4.53. The van der Waals surface area contributed by atoms with Gasteiger partial charge in [-0.3, -0.25) is 5.10 Å². The summed E-state index contributed by atoms with van der Waals surface area (Å²) < 4.78 is 2.02. The highest BCUT2D eigenvalue weighted by Crippen LogP contribution is 2.20. The molecule has 0 spiro atoms. The van der Waals surface area contributed by atoms with Gasteiger partial charge in [-0.1, -0.05) is 6.07 Å². The number of hydrogen-bond donors (Lipinski definition) is 1. The number of nitrogens with zero attached hydrogens (tertiary/aromatic N) is 7. The van der Waals surface area contributed by atoms with Crippen molar-refractivity contribution in [3.05, 3.63) is 53.7 Å². The molecule has 0 radical (unpaired) electrons. The van der Waals surface area contributed by atoms with Crippen molar-refractivity contribution in [1.82, 2.24) is 29.5 Å². The van der Waals surface area contributed by atoms with Gasteiger partial charge in [-0.25, -0.2) is 9.97 Å². The van der Waals surface area contributed by atoms with E-state index in [4.69, 9.17) is 0 Å². The average Bonchev–Trinajstić information content (AvgIpc) is 3.42. The summed E-state index contributed by atoms with van der Waals surface area (Å²) in [5, 5.41) is 10.6. The molecule has 0 bridgehead atoms. The molecule has 4 aromatic heterocycles. The van der Waals surface area contributed by atoms with Crippen LogP contribution in [0, 0.1) is 0 Å². The molecule has 1 N–H and O–H groups in total. The monoisotopic (exact) mass is 366 g/mol. The van der Waals surface area contributed by atoms with Crippen LogP contribution < -0.4 is 9.80 Å². The van der Waals surface area contributed by atoms with Gasteiger partial charge in [0.2, 0.25) is 5.95 Å². The van der Waals surface area contributed by atoms with Gasteiger partial charge in [0.25, 0.3) is 0 Å². The maximum atomic E-state index is 4.67. The Hall–Kier alpha value is -2.94. The van der Waals surface area contributed by atoms with Crippen LogP contribution in [0.3, 0.4) is 0 Å². The van der Waals surface area contributed by atoms with Crippen LogP contribution in [0.2, 0.25) is 0 Å². The highest BCUT2D eigenvalue weighted by Gasteiger charge is 2.21. The Morgan fingerprint density at radius 3 is 2.77 bits per heavy atom. The first-order valence-corrected chi connectivity index (χ1v) is 9.46. The van der Waals surface area contributed by atoms with Crippen LogP contribution >= 0.6 is 11.3 Å². The highest BCUT2D eigenvalue weighted by molar-refractivity contribution is 7.13. The Kier molecular flexibility index (Phi) is 3.78. The average molecular weight is 366 g/mol. The van der Waals surface area contributed by atoms with Crippen LogP contribution in [0.25, 0.3) is 5.65 Å². The summed E-state index contributed by atoms with van der Waals surface area (Å²) in [7, 11) is 0. The standard InChI is InChI=1S/C17H18N8S/c1-2-5-25-12-13(19-15(25)3-1)11-14-20-16(22-21-14)23-6-8-24(9-7-23)17-18-4-10-26-17/h1-5,10,12H,6-9,11H2,(H,20,21,22). The molecule has 1 aliphatic heterocycles. The second kappa shape index (κ2) is 6.41. The zero-order chi connectivity index (χ0) is 17.3. The fourth-order valence-electron chi connectivity index (χ4n) is 3.22. The Morgan fingerprint density at radius 2 is 1.96 bits per heavy atom. The van der Waals surface area contributed by atoms with Crippen LogP contribution in [0.1, 0.15) is 11.5 Å². The van der Waals surface area contributed by atoms with E-state index < -0.39 is 0 Å². The number of anilines is 2. The smallest absolute Gasteiger partial charge is 0.244 e. The van der Waals surface area contributed by atoms with Crippen molar-refractivity contribution in [2.45, 2.75) is 6.42 Å². The number of H-pyrrole nitrogens is 1. The molecule has 9 heteroatoms. The number of aromatic nitrogens is 6. The molecule has 0 amide bonds. The maximum absolute atomic E-state index is 4.67. The third kappa shape index (κ3) is 2.90. The quantitative estimate of drug-likeness (QED) is 0.594. The number of piperazine rings is 1. The number of hydrogen-bond acceptors (Lipinski definition) is 7. The highest BCUT2D eigenvalue weighted by atomic mass is 32.1. The van der Waals surface area contributed by atoms with Gasteiger partial charge in [0, 0.05) is 50.1 Å². The van der Waals surface area contributed by atoms with Crippen molar-refractivity contribution in [2.75, 3.05) is 36.0 Å². The summed E-state index contributed by atoms with van der Waals surface area (Å²) in [6.07, 6.45) is 6.53. The van der Waals surface area contributed by atoms with Crippen molar-refractivity contribution in [3.8, 4) is 0 Å². The Morgan fingerprint density at radius 1 is 1.08 bits per heavy atom. The van der Waals surface area contributed by atoms with E-state index in [0.29, 0.717) is 6.42 Å². The van der Waals surface area contributed by atoms with Crippen LogP contribution in [0.15, 0.2) is 42.2 Å². The Balaban J connectivity index is 1.25. The zero-order valence-corrected chi connectivity index (χ0v) is 14.9. The van der Waals surface area contributed by atoms with E-state index in [1.165, 1.54) is 0 Å². The lowest BCUT2D eigenvalue weighted by Crippen LogP contribution is -2.46. The van der Waals surface area contributed by atoms with Gasteiger partial charge in [0.1, 0.15) is 11.5 Å². The molecule has 5 rings (SSSR count). The van der Waals surface area contributed by atoms with Crippen molar-refractivity contribution in [2.24, 2.45) is 0 Å². The van der Waals surface area contributed by atoms with Crippen LogP contribution in [-0.2, 0) is 6.42 Å². The van der Waals surface area contributed by atoms with Crippen molar-refractivity contribution >= 4 is 28.1 Å². The molecule has 5 heterocycles. The summed E-state index contributed by atoms with van der Waals surface area (Å²) >= 11 is 1.68. The van der Waals surface area contributed by atoms with Crippen molar-refractivity contribution < 1.29 is 0 Å². The molecular weight excluding hydrogens is 348 g/mol. The molecule has 0 aliphatic carbocycles. The molecule has 0 saturated carbocycles. The van der Waals surface area contributed by atoms with Crippen molar-refractivity contribution in [1.29, 1.82) is 0 Å². The maximum Gasteiger partial charge on any atom is 0.244 e. The number of fused-ring (bicyclic) bond motifs is 1. The van der Waals surface area contributed by atoms with E-state index in [-0.39, 0.29) is 0 Å². The van der Waals surface area contributed by atoms with E-state index in [9.17, 15) is 0 Å².